The average molecular weight is 463 g/mol. The van der Waals surface area contributed by atoms with E-state index in [-0.39, 0.29) is 12.4 Å². The largest absolute Gasteiger partial charge is 0.391 e. The SMILES string of the molecule is O=CN(Cc1cccnc1)c1ccc(-c2ccsc2CO)nc1NCCc1cccc(F)c1. The number of carbonyl (C=O) groups is 1. The molecule has 1 aromatic carbocycles. The lowest BCUT2D eigenvalue weighted by molar-refractivity contribution is -0.107. The average Bonchev–Trinajstić information content (AvgIpc) is 3.32. The van der Waals surface area contributed by atoms with Gasteiger partial charge < -0.3 is 15.3 Å². The summed E-state index contributed by atoms with van der Waals surface area (Å²) in [5.74, 6) is 0.265. The number of anilines is 2. The van der Waals surface area contributed by atoms with E-state index in [1.54, 1.807) is 23.4 Å². The molecular weight excluding hydrogens is 439 g/mol. The minimum absolute atomic E-state index is 0.0692. The fraction of sp³-hybridized carbons (Fsp3) is 0.160. The molecule has 1 amide bonds. The maximum Gasteiger partial charge on any atom is 0.214 e. The first-order valence-corrected chi connectivity index (χ1v) is 11.3. The molecule has 0 bridgehead atoms. The van der Waals surface area contributed by atoms with Crippen molar-refractivity contribution in [2.45, 2.75) is 19.6 Å². The van der Waals surface area contributed by atoms with E-state index in [1.165, 1.54) is 23.5 Å². The van der Waals surface area contributed by atoms with E-state index in [2.05, 4.69) is 10.3 Å². The highest BCUT2D eigenvalue weighted by atomic mass is 32.1. The first kappa shape index (κ1) is 22.6. The molecule has 0 saturated carbocycles. The quantitative estimate of drug-likeness (QED) is 0.335. The van der Waals surface area contributed by atoms with Crippen molar-refractivity contribution in [3.8, 4) is 11.3 Å². The van der Waals surface area contributed by atoms with Crippen molar-refractivity contribution < 1.29 is 14.3 Å². The summed E-state index contributed by atoms with van der Waals surface area (Å²) in [6, 6.07) is 15.8. The van der Waals surface area contributed by atoms with Gasteiger partial charge in [-0.05, 0) is 59.3 Å². The Morgan fingerprint density at radius 1 is 1.12 bits per heavy atom. The van der Waals surface area contributed by atoms with E-state index in [9.17, 15) is 14.3 Å². The Balaban J connectivity index is 1.63. The fourth-order valence-electron chi connectivity index (χ4n) is 3.54. The molecule has 168 valence electrons. The monoisotopic (exact) mass is 462 g/mol. The summed E-state index contributed by atoms with van der Waals surface area (Å²) in [5, 5.41) is 14.9. The highest BCUT2D eigenvalue weighted by molar-refractivity contribution is 7.10. The second-order valence-electron chi connectivity index (χ2n) is 7.38. The number of carbonyl (C=O) groups excluding carboxylic acids is 1. The summed E-state index contributed by atoms with van der Waals surface area (Å²) in [4.78, 5) is 23.3. The zero-order valence-electron chi connectivity index (χ0n) is 17.8. The molecule has 0 radical (unpaired) electrons. The standard InChI is InChI=1S/C25H23FN4O2S/c26-20-5-1-3-18(13-20)8-11-28-25-23(30(17-32)15-19-4-2-10-27-14-19)7-6-22(29-25)21-9-12-33-24(21)16-31/h1-7,9-10,12-14,17,31H,8,11,15-16H2,(H,28,29). The van der Waals surface area contributed by atoms with Crippen LogP contribution in [0.5, 0.6) is 0 Å². The molecule has 0 aliphatic carbocycles. The van der Waals surface area contributed by atoms with Crippen LogP contribution in [-0.4, -0.2) is 28.0 Å². The second kappa shape index (κ2) is 10.8. The zero-order valence-corrected chi connectivity index (χ0v) is 18.6. The number of amides is 1. The molecule has 0 fully saturated rings. The van der Waals surface area contributed by atoms with Gasteiger partial charge in [0.1, 0.15) is 5.82 Å². The van der Waals surface area contributed by atoms with Crippen molar-refractivity contribution in [1.29, 1.82) is 0 Å². The lowest BCUT2D eigenvalue weighted by Crippen LogP contribution is -2.23. The molecule has 3 heterocycles. The normalized spacial score (nSPS) is 10.7. The molecule has 0 atom stereocenters. The van der Waals surface area contributed by atoms with Crippen LogP contribution >= 0.6 is 11.3 Å². The Kier molecular flexibility index (Phi) is 7.39. The summed E-state index contributed by atoms with van der Waals surface area (Å²) < 4.78 is 13.5. The molecule has 6 nitrogen and oxygen atoms in total. The van der Waals surface area contributed by atoms with Gasteiger partial charge in [-0.3, -0.25) is 9.78 Å². The van der Waals surface area contributed by atoms with Gasteiger partial charge in [0.15, 0.2) is 5.82 Å². The third-order valence-electron chi connectivity index (χ3n) is 5.15. The van der Waals surface area contributed by atoms with Gasteiger partial charge in [0.05, 0.1) is 24.5 Å². The predicted octanol–water partition coefficient (Wildman–Crippen LogP) is 4.65. The van der Waals surface area contributed by atoms with Crippen molar-refractivity contribution in [2.24, 2.45) is 0 Å². The number of nitrogens with zero attached hydrogens (tertiary/aromatic N) is 3. The number of halogens is 1. The minimum Gasteiger partial charge on any atom is -0.391 e. The van der Waals surface area contributed by atoms with Crippen LogP contribution in [0.25, 0.3) is 11.3 Å². The third kappa shape index (κ3) is 5.60. The maximum atomic E-state index is 13.5. The van der Waals surface area contributed by atoms with E-state index < -0.39 is 0 Å². The summed E-state index contributed by atoms with van der Waals surface area (Å²) in [7, 11) is 0. The molecular formula is C25H23FN4O2S. The number of aromatic nitrogens is 2. The molecule has 33 heavy (non-hydrogen) atoms. The van der Waals surface area contributed by atoms with E-state index >= 15 is 0 Å². The van der Waals surface area contributed by atoms with Crippen LogP contribution in [0, 0.1) is 5.82 Å². The summed E-state index contributed by atoms with van der Waals surface area (Å²) in [6.45, 7) is 0.778. The number of pyridine rings is 2. The van der Waals surface area contributed by atoms with Crippen molar-refractivity contribution in [2.75, 3.05) is 16.8 Å². The van der Waals surface area contributed by atoms with Gasteiger partial charge in [-0.1, -0.05) is 18.2 Å². The maximum absolute atomic E-state index is 13.5. The molecule has 2 N–H and O–H groups in total. The van der Waals surface area contributed by atoms with Gasteiger partial charge >= 0.3 is 0 Å². The highest BCUT2D eigenvalue weighted by Gasteiger charge is 2.16. The number of hydrogen-bond donors (Lipinski definition) is 2. The molecule has 0 unspecified atom stereocenters. The van der Waals surface area contributed by atoms with Crippen molar-refractivity contribution in [3.05, 3.63) is 94.2 Å². The minimum atomic E-state index is -0.272. The topological polar surface area (TPSA) is 78.4 Å². The molecule has 4 aromatic rings. The Hall–Kier alpha value is -3.62. The fourth-order valence-corrected chi connectivity index (χ4v) is 4.28. The number of rotatable bonds is 10. The second-order valence-corrected chi connectivity index (χ2v) is 8.38. The number of hydrogen-bond acceptors (Lipinski definition) is 6. The predicted molar refractivity (Wildman–Crippen MR) is 129 cm³/mol. The van der Waals surface area contributed by atoms with Crippen LogP contribution in [0.4, 0.5) is 15.9 Å². The summed E-state index contributed by atoms with van der Waals surface area (Å²) in [5.41, 5.74) is 3.93. The molecule has 0 spiro atoms. The lowest BCUT2D eigenvalue weighted by Gasteiger charge is -2.21. The molecule has 0 aliphatic rings. The van der Waals surface area contributed by atoms with Gasteiger partial charge in [0.25, 0.3) is 0 Å². The Bertz CT molecular complexity index is 1220. The van der Waals surface area contributed by atoms with Crippen molar-refractivity contribution in [1.82, 2.24) is 9.97 Å². The third-order valence-corrected chi connectivity index (χ3v) is 6.05. The van der Waals surface area contributed by atoms with Crippen LogP contribution in [0.1, 0.15) is 16.0 Å². The first-order chi connectivity index (χ1) is 16.2. The van der Waals surface area contributed by atoms with Crippen LogP contribution in [0.15, 0.2) is 72.4 Å². The number of benzene rings is 1. The van der Waals surface area contributed by atoms with Gasteiger partial charge in [-0.25, -0.2) is 9.37 Å². The summed E-state index contributed by atoms with van der Waals surface area (Å²) >= 11 is 1.46. The van der Waals surface area contributed by atoms with Gasteiger partial charge in [0.2, 0.25) is 6.41 Å². The number of thiophene rings is 1. The molecule has 8 heteroatoms. The van der Waals surface area contributed by atoms with Crippen molar-refractivity contribution in [3.63, 3.8) is 0 Å². The lowest BCUT2D eigenvalue weighted by atomic mass is 10.1. The van der Waals surface area contributed by atoms with Crippen molar-refractivity contribution >= 4 is 29.3 Å². The molecule has 3 aromatic heterocycles. The van der Waals surface area contributed by atoms with E-state index in [4.69, 9.17) is 4.98 Å². The Morgan fingerprint density at radius 2 is 2.00 bits per heavy atom. The highest BCUT2D eigenvalue weighted by Crippen LogP contribution is 2.32. The Labute approximate surface area is 195 Å². The van der Waals surface area contributed by atoms with E-state index in [1.807, 2.05) is 41.8 Å². The molecule has 4 rings (SSSR count). The van der Waals surface area contributed by atoms with Crippen LogP contribution in [-0.2, 0) is 24.4 Å². The smallest absolute Gasteiger partial charge is 0.214 e. The van der Waals surface area contributed by atoms with E-state index in [0.717, 1.165) is 28.0 Å². The van der Waals surface area contributed by atoms with Crippen LogP contribution in [0.2, 0.25) is 0 Å². The van der Waals surface area contributed by atoms with Gasteiger partial charge in [-0.2, -0.15) is 0 Å². The zero-order chi connectivity index (χ0) is 23.0. The Morgan fingerprint density at radius 3 is 2.76 bits per heavy atom. The number of aliphatic hydroxyl groups is 1. The first-order valence-electron chi connectivity index (χ1n) is 10.5. The van der Waals surface area contributed by atoms with Gasteiger partial charge in [0, 0.05) is 29.4 Å². The van der Waals surface area contributed by atoms with Gasteiger partial charge in [-0.15, -0.1) is 11.3 Å². The summed E-state index contributed by atoms with van der Waals surface area (Å²) in [6.07, 6.45) is 4.76. The molecule has 0 saturated heterocycles. The number of nitrogens with one attached hydrogen (secondary N) is 1. The van der Waals surface area contributed by atoms with E-state index in [0.29, 0.717) is 36.7 Å². The van der Waals surface area contributed by atoms with Crippen LogP contribution < -0.4 is 10.2 Å². The molecule has 0 aliphatic heterocycles. The van der Waals surface area contributed by atoms with Crippen LogP contribution in [0.3, 0.4) is 0 Å². The number of aliphatic hydroxyl groups excluding tert-OH is 1.